The van der Waals surface area contributed by atoms with Gasteiger partial charge in [0.1, 0.15) is 6.61 Å². The maximum atomic E-state index is 12.1. The first-order valence-electron chi connectivity index (χ1n) is 5.21. The minimum atomic E-state index is -0.764. The van der Waals surface area contributed by atoms with Gasteiger partial charge >= 0.3 is 6.09 Å². The van der Waals surface area contributed by atoms with Gasteiger partial charge in [-0.2, -0.15) is 0 Å². The van der Waals surface area contributed by atoms with Gasteiger partial charge in [0.25, 0.3) is 0 Å². The third-order valence-electron chi connectivity index (χ3n) is 3.25. The van der Waals surface area contributed by atoms with E-state index in [0.717, 1.165) is 4.90 Å². The van der Waals surface area contributed by atoms with E-state index in [1.54, 1.807) is 13.8 Å². The Morgan fingerprint density at radius 3 is 2.62 bits per heavy atom. The molecule has 2 saturated heterocycles. The molecule has 0 spiro atoms. The standard InChI is InChI=1S/C10H14N2O4/c1-10(2)6(5-11-8(10)14)7(13)12-3-4-16-9(12)15/h6H,3-5H2,1-2H3,(H,11,14). The van der Waals surface area contributed by atoms with E-state index >= 15 is 0 Å². The van der Waals surface area contributed by atoms with Crippen molar-refractivity contribution in [2.24, 2.45) is 11.3 Å². The Kier molecular flexibility index (Phi) is 2.36. The summed E-state index contributed by atoms with van der Waals surface area (Å²) in [4.78, 5) is 35.9. The number of nitrogens with one attached hydrogen (secondary N) is 1. The minimum Gasteiger partial charge on any atom is -0.447 e. The molecule has 0 radical (unpaired) electrons. The zero-order chi connectivity index (χ0) is 11.9. The summed E-state index contributed by atoms with van der Waals surface area (Å²) in [6, 6.07) is 0. The number of imide groups is 1. The number of cyclic esters (lactones) is 1. The Morgan fingerprint density at radius 1 is 1.50 bits per heavy atom. The molecule has 0 saturated carbocycles. The smallest absolute Gasteiger partial charge is 0.416 e. The van der Waals surface area contributed by atoms with Gasteiger partial charge in [-0.15, -0.1) is 0 Å². The van der Waals surface area contributed by atoms with Crippen LogP contribution < -0.4 is 5.32 Å². The van der Waals surface area contributed by atoms with Gasteiger partial charge < -0.3 is 10.1 Å². The fourth-order valence-electron chi connectivity index (χ4n) is 2.01. The molecule has 6 nitrogen and oxygen atoms in total. The molecule has 2 aliphatic rings. The molecule has 88 valence electrons. The molecule has 0 aromatic heterocycles. The van der Waals surface area contributed by atoms with E-state index in [2.05, 4.69) is 5.32 Å². The lowest BCUT2D eigenvalue weighted by molar-refractivity contribution is -0.138. The van der Waals surface area contributed by atoms with E-state index in [-0.39, 0.29) is 31.5 Å². The molecule has 0 bridgehead atoms. The molecular weight excluding hydrogens is 212 g/mol. The topological polar surface area (TPSA) is 75.7 Å². The fourth-order valence-corrected chi connectivity index (χ4v) is 2.01. The van der Waals surface area contributed by atoms with E-state index in [4.69, 9.17) is 4.74 Å². The summed E-state index contributed by atoms with van der Waals surface area (Å²) in [5.74, 6) is -0.977. The monoisotopic (exact) mass is 226 g/mol. The lowest BCUT2D eigenvalue weighted by Crippen LogP contribution is -2.43. The maximum absolute atomic E-state index is 12.1. The fraction of sp³-hybridized carbons (Fsp3) is 0.700. The van der Waals surface area contributed by atoms with Gasteiger partial charge in [-0.25, -0.2) is 9.69 Å². The molecule has 1 atom stereocenters. The van der Waals surface area contributed by atoms with Crippen molar-refractivity contribution < 1.29 is 19.1 Å². The van der Waals surface area contributed by atoms with Crippen LogP contribution >= 0.6 is 0 Å². The SMILES string of the molecule is CC1(C)C(=O)NCC1C(=O)N1CCOC1=O. The summed E-state index contributed by atoms with van der Waals surface area (Å²) >= 11 is 0. The van der Waals surface area contributed by atoms with Crippen LogP contribution in [0.25, 0.3) is 0 Å². The number of nitrogens with zero attached hydrogens (tertiary/aromatic N) is 1. The van der Waals surface area contributed by atoms with Crippen LogP contribution in [0.1, 0.15) is 13.8 Å². The number of carbonyl (C=O) groups is 3. The quantitative estimate of drug-likeness (QED) is 0.668. The first-order chi connectivity index (χ1) is 7.44. The highest BCUT2D eigenvalue weighted by Crippen LogP contribution is 2.33. The van der Waals surface area contributed by atoms with Crippen LogP contribution in [0, 0.1) is 11.3 Å². The summed E-state index contributed by atoms with van der Waals surface area (Å²) < 4.78 is 4.70. The summed E-state index contributed by atoms with van der Waals surface area (Å²) in [7, 11) is 0. The highest BCUT2D eigenvalue weighted by molar-refractivity contribution is 5.99. The van der Waals surface area contributed by atoms with Crippen LogP contribution in [-0.4, -0.2) is 42.5 Å². The van der Waals surface area contributed by atoms with Crippen LogP contribution in [0.2, 0.25) is 0 Å². The van der Waals surface area contributed by atoms with Gasteiger partial charge in [0.15, 0.2) is 0 Å². The normalized spacial score (nSPS) is 27.9. The summed E-state index contributed by atoms with van der Waals surface area (Å²) in [5, 5.41) is 2.64. The average molecular weight is 226 g/mol. The van der Waals surface area contributed by atoms with E-state index in [9.17, 15) is 14.4 Å². The van der Waals surface area contributed by atoms with E-state index in [1.165, 1.54) is 0 Å². The third kappa shape index (κ3) is 1.45. The van der Waals surface area contributed by atoms with E-state index < -0.39 is 17.4 Å². The second-order valence-electron chi connectivity index (χ2n) is 4.59. The number of ether oxygens (including phenoxy) is 1. The molecule has 1 N–H and O–H groups in total. The van der Waals surface area contributed by atoms with Gasteiger partial charge in [0.2, 0.25) is 11.8 Å². The Bertz CT molecular complexity index is 364. The van der Waals surface area contributed by atoms with Crippen LogP contribution in [0.5, 0.6) is 0 Å². The highest BCUT2D eigenvalue weighted by atomic mass is 16.6. The number of rotatable bonds is 1. The van der Waals surface area contributed by atoms with E-state index in [1.807, 2.05) is 0 Å². The molecule has 2 aliphatic heterocycles. The maximum Gasteiger partial charge on any atom is 0.416 e. The Labute approximate surface area is 92.9 Å². The lowest BCUT2D eigenvalue weighted by atomic mass is 9.80. The van der Waals surface area contributed by atoms with Crippen LogP contribution in [0.3, 0.4) is 0 Å². The Morgan fingerprint density at radius 2 is 2.19 bits per heavy atom. The number of amides is 3. The Balaban J connectivity index is 2.17. The van der Waals surface area contributed by atoms with Gasteiger partial charge in [-0.1, -0.05) is 13.8 Å². The average Bonchev–Trinajstić information content (AvgIpc) is 2.73. The van der Waals surface area contributed by atoms with Crippen molar-refractivity contribution in [2.45, 2.75) is 13.8 Å². The second kappa shape index (κ2) is 3.47. The Hall–Kier alpha value is -1.59. The van der Waals surface area contributed by atoms with Gasteiger partial charge in [-0.05, 0) is 0 Å². The van der Waals surface area contributed by atoms with Crippen molar-refractivity contribution in [1.29, 1.82) is 0 Å². The molecular formula is C10H14N2O4. The van der Waals surface area contributed by atoms with Crippen LogP contribution in [-0.2, 0) is 14.3 Å². The number of hydrogen-bond acceptors (Lipinski definition) is 4. The predicted octanol–water partition coefficient (Wildman–Crippen LogP) is -0.263. The molecule has 2 rings (SSSR count). The molecule has 2 heterocycles. The minimum absolute atomic E-state index is 0.154. The molecule has 6 heteroatoms. The predicted molar refractivity (Wildman–Crippen MR) is 53.3 cm³/mol. The summed E-state index contributed by atoms with van der Waals surface area (Å²) in [6.45, 7) is 4.21. The number of carbonyl (C=O) groups excluding carboxylic acids is 3. The summed E-state index contributed by atoms with van der Waals surface area (Å²) in [6.07, 6.45) is -0.611. The molecule has 0 aromatic rings. The summed E-state index contributed by atoms with van der Waals surface area (Å²) in [5.41, 5.74) is -0.764. The molecule has 16 heavy (non-hydrogen) atoms. The van der Waals surface area contributed by atoms with Crippen molar-refractivity contribution in [3.63, 3.8) is 0 Å². The largest absolute Gasteiger partial charge is 0.447 e. The van der Waals surface area contributed by atoms with Crippen molar-refractivity contribution >= 4 is 17.9 Å². The lowest BCUT2D eigenvalue weighted by Gasteiger charge is -2.24. The van der Waals surface area contributed by atoms with Crippen LogP contribution in [0.15, 0.2) is 0 Å². The molecule has 0 aromatic carbocycles. The van der Waals surface area contributed by atoms with E-state index in [0.29, 0.717) is 0 Å². The molecule has 3 amide bonds. The van der Waals surface area contributed by atoms with Crippen molar-refractivity contribution in [1.82, 2.24) is 10.2 Å². The second-order valence-corrected chi connectivity index (χ2v) is 4.59. The van der Waals surface area contributed by atoms with Crippen molar-refractivity contribution in [2.75, 3.05) is 19.7 Å². The highest BCUT2D eigenvalue weighted by Gasteiger charge is 2.49. The van der Waals surface area contributed by atoms with Crippen LogP contribution in [0.4, 0.5) is 4.79 Å². The first kappa shape index (κ1) is 10.9. The molecule has 2 fully saturated rings. The third-order valence-corrected chi connectivity index (χ3v) is 3.25. The van der Waals surface area contributed by atoms with Gasteiger partial charge in [-0.3, -0.25) is 9.59 Å². The zero-order valence-electron chi connectivity index (χ0n) is 9.28. The first-order valence-corrected chi connectivity index (χ1v) is 5.21. The number of hydrogen-bond donors (Lipinski definition) is 1. The zero-order valence-corrected chi connectivity index (χ0v) is 9.28. The van der Waals surface area contributed by atoms with Gasteiger partial charge in [0.05, 0.1) is 17.9 Å². The van der Waals surface area contributed by atoms with Gasteiger partial charge in [0, 0.05) is 6.54 Å². The molecule has 1 unspecified atom stereocenters. The van der Waals surface area contributed by atoms with Crippen molar-refractivity contribution in [3.05, 3.63) is 0 Å². The van der Waals surface area contributed by atoms with Crippen molar-refractivity contribution in [3.8, 4) is 0 Å². The molecule has 0 aliphatic carbocycles.